The van der Waals surface area contributed by atoms with Crippen LogP contribution in [0.4, 0.5) is 0 Å². The number of hydrogen-bond donors (Lipinski definition) is 1. The molecule has 0 radical (unpaired) electrons. The lowest BCUT2D eigenvalue weighted by Crippen LogP contribution is -2.29. The van der Waals surface area contributed by atoms with Gasteiger partial charge in [0, 0.05) is 7.11 Å². The van der Waals surface area contributed by atoms with E-state index >= 15 is 0 Å². The van der Waals surface area contributed by atoms with Crippen molar-refractivity contribution < 1.29 is 4.74 Å². The second-order valence-corrected chi connectivity index (χ2v) is 3.71. The Morgan fingerprint density at radius 3 is 2.75 bits per heavy atom. The molecular formula is C10H21NO. The lowest BCUT2D eigenvalue weighted by molar-refractivity contribution is 0.0207. The first-order chi connectivity index (χ1) is 5.88. The third-order valence-electron chi connectivity index (χ3n) is 2.91. The summed E-state index contributed by atoms with van der Waals surface area (Å²) in [5, 5.41) is 3.20. The molecule has 2 heteroatoms. The highest BCUT2D eigenvalue weighted by Crippen LogP contribution is 2.28. The highest BCUT2D eigenvalue weighted by atomic mass is 16.5. The van der Waals surface area contributed by atoms with Crippen molar-refractivity contribution in [2.75, 3.05) is 20.7 Å². The van der Waals surface area contributed by atoms with Crippen LogP contribution >= 0.6 is 0 Å². The van der Waals surface area contributed by atoms with Gasteiger partial charge in [0.25, 0.3) is 0 Å². The monoisotopic (exact) mass is 171 g/mol. The Balaban J connectivity index is 2.26. The number of hydrogen-bond acceptors (Lipinski definition) is 2. The van der Waals surface area contributed by atoms with Crippen molar-refractivity contribution in [3.63, 3.8) is 0 Å². The summed E-state index contributed by atoms with van der Waals surface area (Å²) in [6.45, 7) is 1.13. The molecule has 0 aliphatic heterocycles. The van der Waals surface area contributed by atoms with Crippen LogP contribution in [0.1, 0.15) is 32.1 Å². The fourth-order valence-electron chi connectivity index (χ4n) is 2.14. The van der Waals surface area contributed by atoms with Gasteiger partial charge in [0.1, 0.15) is 0 Å². The smallest absolute Gasteiger partial charge is 0.0600 e. The Labute approximate surface area is 75.7 Å². The lowest BCUT2D eigenvalue weighted by Gasteiger charge is -2.30. The highest BCUT2D eigenvalue weighted by molar-refractivity contribution is 4.75. The van der Waals surface area contributed by atoms with Crippen LogP contribution in [0.15, 0.2) is 0 Å². The number of nitrogens with one attached hydrogen (secondary N) is 1. The largest absolute Gasteiger partial charge is 0.381 e. The molecule has 0 unspecified atom stereocenters. The fraction of sp³-hybridized carbons (Fsp3) is 1.00. The van der Waals surface area contributed by atoms with Crippen LogP contribution in [0.2, 0.25) is 0 Å². The summed E-state index contributed by atoms with van der Waals surface area (Å²) in [5.74, 6) is 0.802. The second kappa shape index (κ2) is 5.55. The van der Waals surface area contributed by atoms with Crippen LogP contribution in [0.5, 0.6) is 0 Å². The molecule has 0 aromatic rings. The molecule has 0 bridgehead atoms. The van der Waals surface area contributed by atoms with E-state index in [0.29, 0.717) is 6.10 Å². The van der Waals surface area contributed by atoms with E-state index in [4.69, 9.17) is 4.74 Å². The standard InChI is InChI=1S/C10H21NO/c1-11-8-7-9-5-3-4-6-10(9)12-2/h9-11H,3-8H2,1-2H3/t9-,10-/m0/s1. The van der Waals surface area contributed by atoms with Gasteiger partial charge in [-0.25, -0.2) is 0 Å². The zero-order chi connectivity index (χ0) is 8.81. The van der Waals surface area contributed by atoms with Crippen molar-refractivity contribution >= 4 is 0 Å². The summed E-state index contributed by atoms with van der Waals surface area (Å²) < 4.78 is 5.47. The van der Waals surface area contributed by atoms with Gasteiger partial charge in [-0.1, -0.05) is 12.8 Å². The van der Waals surface area contributed by atoms with Gasteiger partial charge in [0.05, 0.1) is 6.10 Å². The molecule has 0 aromatic heterocycles. The molecule has 0 saturated heterocycles. The normalized spacial score (nSPS) is 30.5. The van der Waals surface area contributed by atoms with E-state index in [2.05, 4.69) is 5.32 Å². The first kappa shape index (κ1) is 10.0. The van der Waals surface area contributed by atoms with Crippen LogP contribution in [0.25, 0.3) is 0 Å². The molecule has 1 N–H and O–H groups in total. The van der Waals surface area contributed by atoms with Crippen molar-refractivity contribution in [1.29, 1.82) is 0 Å². The maximum absolute atomic E-state index is 5.47. The minimum absolute atomic E-state index is 0.534. The van der Waals surface area contributed by atoms with Gasteiger partial charge in [-0.05, 0) is 38.8 Å². The van der Waals surface area contributed by atoms with E-state index in [-0.39, 0.29) is 0 Å². The molecule has 72 valence electrons. The Morgan fingerprint density at radius 2 is 2.08 bits per heavy atom. The molecule has 0 aromatic carbocycles. The van der Waals surface area contributed by atoms with E-state index in [9.17, 15) is 0 Å². The molecule has 0 spiro atoms. The van der Waals surface area contributed by atoms with Gasteiger partial charge in [-0.2, -0.15) is 0 Å². The maximum atomic E-state index is 5.47. The summed E-state index contributed by atoms with van der Waals surface area (Å²) in [6, 6.07) is 0. The van der Waals surface area contributed by atoms with Crippen molar-refractivity contribution in [2.45, 2.75) is 38.2 Å². The predicted molar refractivity (Wildman–Crippen MR) is 51.3 cm³/mol. The van der Waals surface area contributed by atoms with Gasteiger partial charge in [-0.3, -0.25) is 0 Å². The molecule has 2 nitrogen and oxygen atoms in total. The van der Waals surface area contributed by atoms with Crippen molar-refractivity contribution in [2.24, 2.45) is 5.92 Å². The van der Waals surface area contributed by atoms with E-state index in [1.54, 1.807) is 0 Å². The summed E-state index contributed by atoms with van der Waals surface area (Å²) in [4.78, 5) is 0. The molecular weight excluding hydrogens is 150 g/mol. The van der Waals surface area contributed by atoms with Crippen molar-refractivity contribution in [3.05, 3.63) is 0 Å². The van der Waals surface area contributed by atoms with Crippen molar-refractivity contribution in [3.8, 4) is 0 Å². The Bertz CT molecular complexity index is 116. The maximum Gasteiger partial charge on any atom is 0.0600 e. The first-order valence-electron chi connectivity index (χ1n) is 5.06. The molecule has 1 fully saturated rings. The van der Waals surface area contributed by atoms with Gasteiger partial charge in [-0.15, -0.1) is 0 Å². The Morgan fingerprint density at radius 1 is 1.33 bits per heavy atom. The average molecular weight is 171 g/mol. The Hall–Kier alpha value is -0.0800. The van der Waals surface area contributed by atoms with E-state index < -0.39 is 0 Å². The molecule has 1 rings (SSSR count). The molecule has 0 amide bonds. The van der Waals surface area contributed by atoms with Crippen LogP contribution < -0.4 is 5.32 Å². The van der Waals surface area contributed by atoms with E-state index in [1.165, 1.54) is 32.1 Å². The van der Waals surface area contributed by atoms with Crippen LogP contribution in [0, 0.1) is 5.92 Å². The third kappa shape index (κ3) is 2.76. The van der Waals surface area contributed by atoms with Gasteiger partial charge in [0.2, 0.25) is 0 Å². The zero-order valence-electron chi connectivity index (χ0n) is 8.31. The quantitative estimate of drug-likeness (QED) is 0.696. The van der Waals surface area contributed by atoms with Gasteiger partial charge in [0.15, 0.2) is 0 Å². The summed E-state index contributed by atoms with van der Waals surface area (Å²) in [5.41, 5.74) is 0. The van der Waals surface area contributed by atoms with E-state index in [1.807, 2.05) is 14.2 Å². The minimum Gasteiger partial charge on any atom is -0.381 e. The summed E-state index contributed by atoms with van der Waals surface area (Å²) in [6.07, 6.45) is 7.19. The second-order valence-electron chi connectivity index (χ2n) is 3.71. The van der Waals surface area contributed by atoms with Crippen LogP contribution in [-0.4, -0.2) is 26.8 Å². The average Bonchev–Trinajstić information content (AvgIpc) is 2.15. The lowest BCUT2D eigenvalue weighted by atomic mass is 9.84. The summed E-state index contributed by atoms with van der Waals surface area (Å²) >= 11 is 0. The topological polar surface area (TPSA) is 21.3 Å². The summed E-state index contributed by atoms with van der Waals surface area (Å²) in [7, 11) is 3.87. The van der Waals surface area contributed by atoms with Crippen LogP contribution in [0.3, 0.4) is 0 Å². The SMILES string of the molecule is CNCC[C@@H]1CCCC[C@@H]1OC. The molecule has 0 heterocycles. The fourth-order valence-corrected chi connectivity index (χ4v) is 2.14. The van der Waals surface area contributed by atoms with Gasteiger partial charge < -0.3 is 10.1 Å². The molecule has 1 aliphatic carbocycles. The first-order valence-corrected chi connectivity index (χ1v) is 5.06. The van der Waals surface area contributed by atoms with Gasteiger partial charge >= 0.3 is 0 Å². The zero-order valence-corrected chi connectivity index (χ0v) is 8.31. The molecule has 12 heavy (non-hydrogen) atoms. The number of rotatable bonds is 4. The third-order valence-corrected chi connectivity index (χ3v) is 2.91. The van der Waals surface area contributed by atoms with Crippen LogP contribution in [-0.2, 0) is 4.74 Å². The van der Waals surface area contributed by atoms with E-state index in [0.717, 1.165) is 12.5 Å². The number of ether oxygens (including phenoxy) is 1. The van der Waals surface area contributed by atoms with Crippen molar-refractivity contribution in [1.82, 2.24) is 5.32 Å². The molecule has 2 atom stereocenters. The predicted octanol–water partition coefficient (Wildman–Crippen LogP) is 1.80. The molecule has 1 aliphatic rings. The minimum atomic E-state index is 0.534. The molecule has 1 saturated carbocycles. The Kier molecular flexibility index (Phi) is 4.62. The highest BCUT2D eigenvalue weighted by Gasteiger charge is 2.23. The number of methoxy groups -OCH3 is 1.